The largest absolute Gasteiger partial charge is 0.393 e. The van der Waals surface area contributed by atoms with E-state index in [4.69, 9.17) is 5.11 Å². The van der Waals surface area contributed by atoms with Gasteiger partial charge in [0.2, 0.25) is 0 Å². The molecule has 0 saturated carbocycles. The maximum absolute atomic E-state index is 12.9. The lowest BCUT2D eigenvalue weighted by Crippen LogP contribution is -2.34. The van der Waals surface area contributed by atoms with Gasteiger partial charge in [-0.05, 0) is 43.7 Å². The fraction of sp³-hybridized carbons (Fsp3) is 0.333. The van der Waals surface area contributed by atoms with E-state index in [2.05, 4.69) is 25.6 Å². The number of pyridine rings is 2. The molecule has 8 nitrogen and oxygen atoms in total. The molecule has 3 aromatic rings. The second kappa shape index (κ2) is 7.95. The molecule has 0 spiro atoms. The summed E-state index contributed by atoms with van der Waals surface area (Å²) >= 11 is 0. The third kappa shape index (κ3) is 4.84. The van der Waals surface area contributed by atoms with Gasteiger partial charge in [0, 0.05) is 11.8 Å². The minimum atomic E-state index is -2.59. The van der Waals surface area contributed by atoms with Crippen molar-refractivity contribution in [1.82, 2.24) is 25.0 Å². The Morgan fingerprint density at radius 2 is 2.00 bits per heavy atom. The Morgan fingerprint density at radius 1 is 1.21 bits per heavy atom. The first-order valence-electron chi connectivity index (χ1n) is 8.49. The Morgan fingerprint density at radius 3 is 2.71 bits per heavy atom. The average Bonchev–Trinajstić information content (AvgIpc) is 3.09. The van der Waals surface area contributed by atoms with Crippen molar-refractivity contribution in [1.29, 1.82) is 0 Å². The summed E-state index contributed by atoms with van der Waals surface area (Å²) in [6, 6.07) is 6.07. The summed E-state index contributed by atoms with van der Waals surface area (Å²) in [4.78, 5) is 8.47. The summed E-state index contributed by atoms with van der Waals surface area (Å²) in [6.45, 7) is 3.00. The third-order valence-corrected chi connectivity index (χ3v) is 3.91. The number of rotatable bonds is 7. The van der Waals surface area contributed by atoms with Crippen molar-refractivity contribution in [3.05, 3.63) is 47.8 Å². The molecule has 0 radical (unpaired) electrons. The number of alkyl halides is 2. The van der Waals surface area contributed by atoms with Gasteiger partial charge in [-0.2, -0.15) is 0 Å². The van der Waals surface area contributed by atoms with E-state index in [-0.39, 0.29) is 17.9 Å². The van der Waals surface area contributed by atoms with E-state index in [1.54, 1.807) is 18.3 Å². The Hall–Kier alpha value is -2.98. The van der Waals surface area contributed by atoms with Crippen LogP contribution < -0.4 is 5.32 Å². The smallest absolute Gasteiger partial charge is 0.264 e. The predicted molar refractivity (Wildman–Crippen MR) is 98.2 cm³/mol. The van der Waals surface area contributed by atoms with Gasteiger partial charge < -0.3 is 15.5 Å². The molecule has 0 saturated heterocycles. The minimum absolute atomic E-state index is 0.0672. The average molecular weight is 390 g/mol. The number of aromatic nitrogens is 5. The topological polar surface area (TPSA) is 109 Å². The van der Waals surface area contributed by atoms with Crippen molar-refractivity contribution < 1.29 is 19.0 Å². The maximum atomic E-state index is 12.9. The van der Waals surface area contributed by atoms with Crippen LogP contribution in [0.1, 0.15) is 24.5 Å². The third-order valence-electron chi connectivity index (χ3n) is 3.91. The SMILES string of the molecule is Cc1cc(Nc2cc(C(F)F)ccn2)nc(-c2cn(C[C@](C)(O)CO)nn2)c1. The van der Waals surface area contributed by atoms with Gasteiger partial charge in [-0.1, -0.05) is 5.21 Å². The first kappa shape index (κ1) is 19.8. The zero-order chi connectivity index (χ0) is 20.3. The molecule has 10 heteroatoms. The van der Waals surface area contributed by atoms with Crippen molar-refractivity contribution in [2.45, 2.75) is 32.4 Å². The molecular weight excluding hydrogens is 370 g/mol. The van der Waals surface area contributed by atoms with E-state index in [9.17, 15) is 13.9 Å². The van der Waals surface area contributed by atoms with Crippen LogP contribution >= 0.6 is 0 Å². The van der Waals surface area contributed by atoms with E-state index in [0.717, 1.165) is 5.56 Å². The standard InChI is InChI=1S/C18H20F2N6O2/c1-11-5-13(14-8-26(25-24-14)9-18(2,28)10-27)22-16(6-11)23-15-7-12(17(19)20)3-4-21-15/h3-8,17,27-28H,9-10H2,1-2H3,(H,21,22,23)/t18-/m0/s1. The lowest BCUT2D eigenvalue weighted by atomic mass is 10.1. The highest BCUT2D eigenvalue weighted by molar-refractivity contribution is 5.61. The van der Waals surface area contributed by atoms with Crippen molar-refractivity contribution in [3.8, 4) is 11.4 Å². The number of hydrogen-bond donors (Lipinski definition) is 3. The van der Waals surface area contributed by atoms with Gasteiger partial charge in [0.15, 0.2) is 0 Å². The van der Waals surface area contributed by atoms with Crippen molar-refractivity contribution in [3.63, 3.8) is 0 Å². The molecule has 1 atom stereocenters. The van der Waals surface area contributed by atoms with Gasteiger partial charge in [0.05, 0.1) is 25.0 Å². The molecule has 3 N–H and O–H groups in total. The summed E-state index contributed by atoms with van der Waals surface area (Å²) in [5, 5.41) is 30.0. The van der Waals surface area contributed by atoms with E-state index >= 15 is 0 Å². The van der Waals surface area contributed by atoms with Crippen LogP contribution in [0.2, 0.25) is 0 Å². The highest BCUT2D eigenvalue weighted by atomic mass is 19.3. The van der Waals surface area contributed by atoms with Crippen LogP contribution in [-0.4, -0.2) is 47.4 Å². The Balaban J connectivity index is 1.84. The van der Waals surface area contributed by atoms with E-state index in [0.29, 0.717) is 17.2 Å². The molecule has 0 aliphatic carbocycles. The monoisotopic (exact) mass is 390 g/mol. The second-order valence-corrected chi connectivity index (χ2v) is 6.77. The molecule has 0 amide bonds. The molecular formula is C18H20F2N6O2. The second-order valence-electron chi connectivity index (χ2n) is 6.77. The number of aryl methyl sites for hydroxylation is 1. The Labute approximate surface area is 159 Å². The molecule has 0 aromatic carbocycles. The highest BCUT2D eigenvalue weighted by Gasteiger charge is 2.21. The number of aliphatic hydroxyl groups is 2. The molecule has 3 aromatic heterocycles. The van der Waals surface area contributed by atoms with E-state index < -0.39 is 18.6 Å². The fourth-order valence-corrected chi connectivity index (χ4v) is 2.54. The van der Waals surface area contributed by atoms with Crippen LogP contribution in [-0.2, 0) is 6.54 Å². The van der Waals surface area contributed by atoms with Crippen LogP contribution in [0.15, 0.2) is 36.7 Å². The van der Waals surface area contributed by atoms with Crippen molar-refractivity contribution >= 4 is 11.6 Å². The quantitative estimate of drug-likeness (QED) is 0.569. The van der Waals surface area contributed by atoms with Gasteiger partial charge in [-0.15, -0.1) is 5.10 Å². The fourth-order valence-electron chi connectivity index (χ4n) is 2.54. The summed E-state index contributed by atoms with van der Waals surface area (Å²) in [7, 11) is 0. The molecule has 148 valence electrons. The minimum Gasteiger partial charge on any atom is -0.393 e. The Kier molecular flexibility index (Phi) is 5.61. The first-order valence-corrected chi connectivity index (χ1v) is 8.49. The van der Waals surface area contributed by atoms with Gasteiger partial charge in [0.1, 0.15) is 22.9 Å². The summed E-state index contributed by atoms with van der Waals surface area (Å²) in [5.74, 6) is 0.676. The lowest BCUT2D eigenvalue weighted by Gasteiger charge is -2.19. The van der Waals surface area contributed by atoms with Gasteiger partial charge in [0.25, 0.3) is 6.43 Å². The number of nitrogens with zero attached hydrogens (tertiary/aromatic N) is 5. The van der Waals surface area contributed by atoms with Crippen molar-refractivity contribution in [2.24, 2.45) is 0 Å². The van der Waals surface area contributed by atoms with Gasteiger partial charge in [-0.25, -0.2) is 23.4 Å². The van der Waals surface area contributed by atoms with Crippen LogP contribution in [0.4, 0.5) is 20.4 Å². The molecule has 0 fully saturated rings. The zero-order valence-corrected chi connectivity index (χ0v) is 15.3. The maximum Gasteiger partial charge on any atom is 0.264 e. The number of aliphatic hydroxyl groups excluding tert-OH is 1. The van der Waals surface area contributed by atoms with Gasteiger partial charge in [-0.3, -0.25) is 0 Å². The molecule has 3 rings (SSSR count). The summed E-state index contributed by atoms with van der Waals surface area (Å²) in [6.07, 6.45) is 0.320. The van der Waals surface area contributed by atoms with Crippen molar-refractivity contribution in [2.75, 3.05) is 11.9 Å². The number of hydrogen-bond acceptors (Lipinski definition) is 7. The van der Waals surface area contributed by atoms with Gasteiger partial charge >= 0.3 is 0 Å². The van der Waals surface area contributed by atoms with Crippen LogP contribution in [0.25, 0.3) is 11.4 Å². The number of nitrogens with one attached hydrogen (secondary N) is 1. The zero-order valence-electron chi connectivity index (χ0n) is 15.3. The van der Waals surface area contributed by atoms with Crippen LogP contribution in [0.5, 0.6) is 0 Å². The number of halogens is 2. The summed E-state index contributed by atoms with van der Waals surface area (Å²) in [5.41, 5.74) is 0.398. The predicted octanol–water partition coefficient (Wildman–Crippen LogP) is 2.47. The van der Waals surface area contributed by atoms with Crippen LogP contribution in [0.3, 0.4) is 0 Å². The normalized spacial score (nSPS) is 13.5. The molecule has 0 unspecified atom stereocenters. The van der Waals surface area contributed by atoms with E-state index in [1.165, 1.54) is 29.9 Å². The number of anilines is 2. The highest BCUT2D eigenvalue weighted by Crippen LogP contribution is 2.24. The van der Waals surface area contributed by atoms with Crippen LogP contribution in [0, 0.1) is 6.92 Å². The van der Waals surface area contributed by atoms with E-state index in [1.807, 2.05) is 6.92 Å². The molecule has 0 aliphatic heterocycles. The first-order chi connectivity index (χ1) is 13.3. The lowest BCUT2D eigenvalue weighted by molar-refractivity contribution is -0.0149. The molecule has 3 heterocycles. The summed E-state index contributed by atoms with van der Waals surface area (Å²) < 4.78 is 27.1. The molecule has 28 heavy (non-hydrogen) atoms. The molecule has 0 aliphatic rings. The Bertz CT molecular complexity index is 961. The molecule has 0 bridgehead atoms.